The maximum atomic E-state index is 14.4. The number of hydrogen-bond acceptors (Lipinski definition) is 14. The zero-order valence-corrected chi connectivity index (χ0v) is 41.7. The molecule has 1 aliphatic rings. The van der Waals surface area contributed by atoms with Crippen LogP contribution in [0.25, 0.3) is 0 Å². The number of likely N-dealkylation sites (tertiary alicyclic amines) is 1. The van der Waals surface area contributed by atoms with Crippen molar-refractivity contribution in [2.75, 3.05) is 13.2 Å². The summed E-state index contributed by atoms with van der Waals surface area (Å²) in [6.45, 7) is 8.57. The Balaban J connectivity index is 1.82. The average molecular weight is 1030 g/mol. The Bertz CT molecular complexity index is 2260. The fourth-order valence-electron chi connectivity index (χ4n) is 7.80. The molecular formula is C47H70N12O14. The number of aliphatic hydroxyl groups is 1. The Hall–Kier alpha value is -7.48. The second-order valence-electron chi connectivity index (χ2n) is 18.8. The summed E-state index contributed by atoms with van der Waals surface area (Å²) in [4.78, 5) is 153. The van der Waals surface area contributed by atoms with E-state index in [4.69, 9.17) is 11.5 Å². The van der Waals surface area contributed by atoms with Crippen LogP contribution in [0.5, 0.6) is 0 Å². The van der Waals surface area contributed by atoms with Gasteiger partial charge in [-0.3, -0.25) is 47.9 Å². The number of benzene rings is 1. The molecule has 26 heteroatoms. The zero-order chi connectivity index (χ0) is 54.7. The highest BCUT2D eigenvalue weighted by Gasteiger charge is 2.41. The first kappa shape index (κ1) is 59.8. The highest BCUT2D eigenvalue weighted by atomic mass is 16.4. The second-order valence-corrected chi connectivity index (χ2v) is 18.8. The molecule has 0 unspecified atom stereocenters. The summed E-state index contributed by atoms with van der Waals surface area (Å²) in [5.41, 5.74) is 12.6. The number of amides is 9. The van der Waals surface area contributed by atoms with Gasteiger partial charge < -0.3 is 73.9 Å². The minimum Gasteiger partial charge on any atom is -0.481 e. The number of H-pyrrole nitrogens is 1. The summed E-state index contributed by atoms with van der Waals surface area (Å²) in [5.74, 6) is -12.8. The minimum atomic E-state index is -1.83. The Kier molecular flexibility index (Phi) is 23.4. The lowest BCUT2D eigenvalue weighted by Crippen LogP contribution is -2.61. The van der Waals surface area contributed by atoms with E-state index in [9.17, 15) is 68.1 Å². The SMILES string of the molecule is CC(C)[C@H](NC(=O)[C@H](CO)NC(=O)[C@H](Cc1ccccc1)NC(=O)[C@@H]1CCCN1C(=O)[C@@H](NC(=O)[C@H](CCC(N)=O)NC(=O)[C@H](CC(=O)O)NC(=O)[C@@H](NC(=O)[C@@H](N)Cc1cnc[nH]1)C(C)C)C(C)C)C(=O)O. The molecule has 1 saturated heterocycles. The van der Waals surface area contributed by atoms with Crippen molar-refractivity contribution in [3.05, 3.63) is 54.1 Å². The number of aromatic amines is 1. The number of nitrogens with zero attached hydrogens (tertiary/aromatic N) is 2. The van der Waals surface area contributed by atoms with Gasteiger partial charge in [-0.2, -0.15) is 0 Å². The van der Waals surface area contributed by atoms with Gasteiger partial charge in [-0.1, -0.05) is 71.9 Å². The first-order valence-electron chi connectivity index (χ1n) is 23.9. The standard InChI is InChI=1S/C47H70N12O14/c1-23(2)36(56-39(64)28(48)18-27-20-50-22-51-27)45(70)54-31(19-35(62)63)42(67)52-29(14-15-34(49)61)40(65)57-37(24(3)4)46(71)59-16-10-13-33(59)44(69)53-30(17-26-11-8-7-9-12-26)41(66)55-32(21-60)43(68)58-38(25(5)6)47(72)73/h7-9,11-12,20,22-25,28-33,36-38,60H,10,13-19,21,48H2,1-6H3,(H2,49,61)(H,50,51)(H,52,67)(H,53,69)(H,54,70)(H,55,66)(H,56,64)(H,57,65)(H,58,68)(H,62,63)(H,72,73)/t28-,29-,30-,31-,32-,33-,36-,37-,38-/m0/s1. The lowest BCUT2D eigenvalue weighted by atomic mass is 10.00. The molecule has 0 aliphatic carbocycles. The van der Waals surface area contributed by atoms with Crippen LogP contribution < -0.4 is 48.7 Å². The number of hydrogen-bond donors (Lipinski definition) is 13. The molecule has 2 aromatic rings. The van der Waals surface area contributed by atoms with Gasteiger partial charge in [0, 0.05) is 37.7 Å². The molecule has 1 aliphatic heterocycles. The maximum Gasteiger partial charge on any atom is 0.326 e. The summed E-state index contributed by atoms with van der Waals surface area (Å²) in [7, 11) is 0. The summed E-state index contributed by atoms with van der Waals surface area (Å²) in [5, 5.41) is 46.5. The molecule has 1 fully saturated rings. The monoisotopic (exact) mass is 1030 g/mol. The van der Waals surface area contributed by atoms with Crippen LogP contribution in [-0.2, 0) is 65.6 Å². The van der Waals surface area contributed by atoms with E-state index in [0.717, 1.165) is 0 Å². The molecule has 73 heavy (non-hydrogen) atoms. The number of aliphatic carboxylic acids is 2. The van der Waals surface area contributed by atoms with Crippen LogP contribution in [0.2, 0.25) is 0 Å². The molecule has 9 atom stereocenters. The predicted octanol–water partition coefficient (Wildman–Crippen LogP) is -3.31. The number of carbonyl (C=O) groups excluding carboxylic acids is 9. The van der Waals surface area contributed by atoms with E-state index in [1.165, 1.54) is 17.4 Å². The van der Waals surface area contributed by atoms with Gasteiger partial charge in [0.15, 0.2) is 0 Å². The van der Waals surface area contributed by atoms with Crippen LogP contribution in [0, 0.1) is 17.8 Å². The van der Waals surface area contributed by atoms with Crippen molar-refractivity contribution in [3.8, 4) is 0 Å². The van der Waals surface area contributed by atoms with Gasteiger partial charge in [0.25, 0.3) is 0 Å². The Morgan fingerprint density at radius 1 is 0.685 bits per heavy atom. The van der Waals surface area contributed by atoms with Gasteiger partial charge in [-0.25, -0.2) is 9.78 Å². The van der Waals surface area contributed by atoms with Crippen molar-refractivity contribution < 1.29 is 68.1 Å². The van der Waals surface area contributed by atoms with Gasteiger partial charge in [-0.15, -0.1) is 0 Å². The van der Waals surface area contributed by atoms with E-state index >= 15 is 0 Å². The molecule has 26 nitrogen and oxygen atoms in total. The minimum absolute atomic E-state index is 0.0331. The molecule has 402 valence electrons. The molecule has 0 radical (unpaired) electrons. The van der Waals surface area contributed by atoms with Crippen LogP contribution in [0.1, 0.15) is 84.9 Å². The maximum absolute atomic E-state index is 14.4. The van der Waals surface area contributed by atoms with Crippen LogP contribution in [0.15, 0.2) is 42.9 Å². The van der Waals surface area contributed by atoms with Crippen LogP contribution >= 0.6 is 0 Å². The smallest absolute Gasteiger partial charge is 0.326 e. The van der Waals surface area contributed by atoms with E-state index in [1.807, 2.05) is 0 Å². The first-order chi connectivity index (χ1) is 34.3. The van der Waals surface area contributed by atoms with Crippen molar-refractivity contribution in [1.82, 2.24) is 52.1 Å². The number of rotatable bonds is 29. The summed E-state index contributed by atoms with van der Waals surface area (Å²) in [6, 6.07) is -4.31. The Morgan fingerprint density at radius 3 is 1.78 bits per heavy atom. The molecule has 0 saturated carbocycles. The quantitative estimate of drug-likeness (QED) is 0.0379. The highest BCUT2D eigenvalue weighted by Crippen LogP contribution is 2.22. The number of carbonyl (C=O) groups is 11. The number of aromatic nitrogens is 2. The number of primary amides is 1. The lowest BCUT2D eigenvalue weighted by molar-refractivity contribution is -0.144. The topological polar surface area (TPSA) is 417 Å². The van der Waals surface area contributed by atoms with E-state index in [-0.39, 0.29) is 25.8 Å². The first-order valence-corrected chi connectivity index (χ1v) is 23.9. The number of carboxylic acid groups (broad SMARTS) is 2. The molecule has 1 aromatic heterocycles. The van der Waals surface area contributed by atoms with Crippen molar-refractivity contribution >= 4 is 65.1 Å². The van der Waals surface area contributed by atoms with E-state index < -0.39 is 163 Å². The lowest BCUT2D eigenvalue weighted by Gasteiger charge is -2.32. The molecule has 2 heterocycles. The predicted molar refractivity (Wildman–Crippen MR) is 259 cm³/mol. The normalized spacial score (nSPS) is 16.6. The average Bonchev–Trinajstić information content (AvgIpc) is 4.04. The highest BCUT2D eigenvalue weighted by molar-refractivity contribution is 5.99. The van der Waals surface area contributed by atoms with Crippen molar-refractivity contribution in [2.45, 2.75) is 141 Å². The molecule has 15 N–H and O–H groups in total. The van der Waals surface area contributed by atoms with Gasteiger partial charge >= 0.3 is 11.9 Å². The van der Waals surface area contributed by atoms with Gasteiger partial charge in [0.2, 0.25) is 53.2 Å². The molecule has 0 spiro atoms. The zero-order valence-electron chi connectivity index (χ0n) is 41.7. The van der Waals surface area contributed by atoms with Gasteiger partial charge in [0.1, 0.15) is 48.3 Å². The van der Waals surface area contributed by atoms with E-state index in [0.29, 0.717) is 17.7 Å². The molecule has 3 rings (SSSR count). The van der Waals surface area contributed by atoms with E-state index in [1.54, 1.807) is 71.9 Å². The second kappa shape index (κ2) is 28.5. The Labute approximate surface area is 421 Å². The van der Waals surface area contributed by atoms with Crippen LogP contribution in [0.3, 0.4) is 0 Å². The fraction of sp³-hybridized carbons (Fsp3) is 0.574. The van der Waals surface area contributed by atoms with Crippen molar-refractivity contribution in [3.63, 3.8) is 0 Å². The number of carboxylic acids is 2. The number of imidazole rings is 1. The van der Waals surface area contributed by atoms with Crippen molar-refractivity contribution in [1.29, 1.82) is 0 Å². The number of nitrogens with two attached hydrogens (primary N) is 2. The summed E-state index contributed by atoms with van der Waals surface area (Å²) < 4.78 is 0. The molecular weight excluding hydrogens is 957 g/mol. The third-order valence-corrected chi connectivity index (χ3v) is 11.9. The van der Waals surface area contributed by atoms with Gasteiger partial charge in [0.05, 0.1) is 25.4 Å². The molecule has 0 bridgehead atoms. The van der Waals surface area contributed by atoms with Gasteiger partial charge in [-0.05, 0) is 42.6 Å². The summed E-state index contributed by atoms with van der Waals surface area (Å²) >= 11 is 0. The fourth-order valence-corrected chi connectivity index (χ4v) is 7.80. The third kappa shape index (κ3) is 18.6. The molecule has 9 amide bonds. The van der Waals surface area contributed by atoms with Crippen LogP contribution in [0.4, 0.5) is 0 Å². The Morgan fingerprint density at radius 2 is 1.23 bits per heavy atom. The van der Waals surface area contributed by atoms with E-state index in [2.05, 4.69) is 47.2 Å². The molecule has 1 aromatic carbocycles. The third-order valence-electron chi connectivity index (χ3n) is 11.9. The van der Waals surface area contributed by atoms with Crippen LogP contribution in [-0.4, -0.2) is 163 Å². The largest absolute Gasteiger partial charge is 0.481 e. The number of aliphatic hydroxyl groups excluding tert-OH is 1. The van der Waals surface area contributed by atoms with Crippen molar-refractivity contribution in [2.24, 2.45) is 29.2 Å². The summed E-state index contributed by atoms with van der Waals surface area (Å²) in [6.07, 6.45) is 1.34. The number of nitrogens with one attached hydrogen (secondary N) is 8.